The van der Waals surface area contributed by atoms with Gasteiger partial charge in [-0.2, -0.15) is 15.2 Å². The maximum Gasteiger partial charge on any atom is 0.278 e. The van der Waals surface area contributed by atoms with Gasteiger partial charge in [0.2, 0.25) is 5.88 Å². The summed E-state index contributed by atoms with van der Waals surface area (Å²) in [5, 5.41) is 27.3. The maximum atomic E-state index is 12.1. The minimum atomic E-state index is -0.522. The standard InChI is InChI=1S/C25H26N6O7S/c1-15-8-24(38-13-22(34)30-26-11-16-4-6-18(32)20(9-16)36-2)29-25(28-15)39-14-23(35)31-27-12-17-5-7-19(33)21(10-17)37-3/h4-12,32-33H,13-14H2,1-3H3,(H,30,34)(H,31,35). The highest BCUT2D eigenvalue weighted by atomic mass is 32.2. The second kappa shape index (κ2) is 14.2. The van der Waals surface area contributed by atoms with Gasteiger partial charge in [-0.1, -0.05) is 11.8 Å². The summed E-state index contributed by atoms with van der Waals surface area (Å²) in [6.45, 7) is 1.37. The second-order valence-corrected chi connectivity index (χ2v) is 8.60. The predicted octanol–water partition coefficient (Wildman–Crippen LogP) is 1.98. The van der Waals surface area contributed by atoms with Crippen molar-refractivity contribution in [2.45, 2.75) is 12.1 Å². The third-order valence-electron chi connectivity index (χ3n) is 4.71. The number of carbonyl (C=O) groups excluding carboxylic acids is 2. The van der Waals surface area contributed by atoms with Crippen molar-refractivity contribution in [3.8, 4) is 28.9 Å². The number of nitrogens with one attached hydrogen (secondary N) is 2. The summed E-state index contributed by atoms with van der Waals surface area (Å²) < 4.78 is 15.5. The number of rotatable bonds is 12. The molecule has 204 valence electrons. The molecule has 0 aliphatic rings. The summed E-state index contributed by atoms with van der Waals surface area (Å²) >= 11 is 1.07. The van der Waals surface area contributed by atoms with Crippen LogP contribution in [0.3, 0.4) is 0 Å². The number of nitrogens with zero attached hydrogens (tertiary/aromatic N) is 4. The van der Waals surface area contributed by atoms with Gasteiger partial charge in [-0.25, -0.2) is 15.8 Å². The molecule has 0 saturated carbocycles. The van der Waals surface area contributed by atoms with Crippen molar-refractivity contribution in [1.82, 2.24) is 20.8 Å². The number of amides is 2. The first-order chi connectivity index (χ1) is 18.8. The summed E-state index contributed by atoms with van der Waals surface area (Å²) in [6, 6.07) is 10.8. The minimum Gasteiger partial charge on any atom is -0.504 e. The molecule has 14 heteroatoms. The van der Waals surface area contributed by atoms with Crippen molar-refractivity contribution < 1.29 is 34.0 Å². The summed E-state index contributed by atoms with van der Waals surface area (Å²) in [6.07, 6.45) is 2.80. The molecule has 4 N–H and O–H groups in total. The Kier molecular flexibility index (Phi) is 10.4. The summed E-state index contributed by atoms with van der Waals surface area (Å²) in [7, 11) is 2.86. The molecule has 2 aromatic carbocycles. The Hall–Kier alpha value is -4.85. The van der Waals surface area contributed by atoms with Gasteiger partial charge in [-0.15, -0.1) is 0 Å². The third-order valence-corrected chi connectivity index (χ3v) is 5.55. The molecule has 0 aliphatic heterocycles. The van der Waals surface area contributed by atoms with Crippen LogP contribution < -0.4 is 25.1 Å². The molecule has 0 radical (unpaired) electrons. The fourth-order valence-corrected chi connectivity index (χ4v) is 3.58. The molecule has 0 atom stereocenters. The number of benzene rings is 2. The Balaban J connectivity index is 1.45. The maximum absolute atomic E-state index is 12.1. The van der Waals surface area contributed by atoms with E-state index in [0.29, 0.717) is 16.8 Å². The van der Waals surface area contributed by atoms with Gasteiger partial charge in [-0.05, 0) is 54.4 Å². The molecular formula is C25H26N6O7S. The van der Waals surface area contributed by atoms with Crippen molar-refractivity contribution in [1.29, 1.82) is 0 Å². The first-order valence-corrected chi connectivity index (χ1v) is 12.2. The molecule has 0 spiro atoms. The summed E-state index contributed by atoms with van der Waals surface area (Å²) in [5.74, 6) is -0.214. The third kappa shape index (κ3) is 9.19. The number of hydrogen-bond acceptors (Lipinski definition) is 12. The highest BCUT2D eigenvalue weighted by Gasteiger charge is 2.09. The Morgan fingerprint density at radius 2 is 1.46 bits per heavy atom. The number of phenols is 2. The molecule has 2 amide bonds. The monoisotopic (exact) mass is 554 g/mol. The minimum absolute atomic E-state index is 0.00212. The number of aryl methyl sites for hydroxylation is 1. The predicted molar refractivity (Wildman–Crippen MR) is 144 cm³/mol. The Morgan fingerprint density at radius 3 is 2.03 bits per heavy atom. The molecule has 39 heavy (non-hydrogen) atoms. The van der Waals surface area contributed by atoms with Crippen LogP contribution in [0.2, 0.25) is 0 Å². The molecule has 1 aromatic heterocycles. The zero-order valence-electron chi connectivity index (χ0n) is 21.2. The van der Waals surface area contributed by atoms with Crippen LogP contribution in [0.4, 0.5) is 0 Å². The number of ether oxygens (including phenoxy) is 3. The normalized spacial score (nSPS) is 10.9. The van der Waals surface area contributed by atoms with Crippen LogP contribution in [0, 0.1) is 6.92 Å². The van der Waals surface area contributed by atoms with E-state index < -0.39 is 11.8 Å². The van der Waals surface area contributed by atoms with E-state index in [2.05, 4.69) is 31.0 Å². The number of aromatic hydroxyl groups is 2. The van der Waals surface area contributed by atoms with Gasteiger partial charge in [-0.3, -0.25) is 9.59 Å². The highest BCUT2D eigenvalue weighted by molar-refractivity contribution is 7.99. The molecular weight excluding hydrogens is 528 g/mol. The van der Waals surface area contributed by atoms with Crippen LogP contribution in [-0.2, 0) is 9.59 Å². The van der Waals surface area contributed by atoms with E-state index >= 15 is 0 Å². The zero-order chi connectivity index (χ0) is 28.2. The fourth-order valence-electron chi connectivity index (χ4n) is 2.89. The first-order valence-electron chi connectivity index (χ1n) is 11.3. The van der Waals surface area contributed by atoms with E-state index in [0.717, 1.165) is 11.8 Å². The number of methoxy groups -OCH3 is 2. The van der Waals surface area contributed by atoms with Gasteiger partial charge < -0.3 is 24.4 Å². The lowest BCUT2D eigenvalue weighted by molar-refractivity contribution is -0.123. The SMILES string of the molecule is COc1cc(C=NNC(=O)COc2cc(C)nc(SCC(=O)NN=Cc3ccc(O)c(OC)c3)n2)ccc1O. The molecule has 13 nitrogen and oxygen atoms in total. The van der Waals surface area contributed by atoms with E-state index in [-0.39, 0.29) is 46.4 Å². The summed E-state index contributed by atoms with van der Waals surface area (Å²) in [4.78, 5) is 32.7. The van der Waals surface area contributed by atoms with Crippen LogP contribution in [0.5, 0.6) is 28.9 Å². The van der Waals surface area contributed by atoms with Crippen molar-refractivity contribution in [3.63, 3.8) is 0 Å². The van der Waals surface area contributed by atoms with Crippen LogP contribution in [0.15, 0.2) is 57.8 Å². The van der Waals surface area contributed by atoms with E-state index in [9.17, 15) is 19.8 Å². The Bertz CT molecular complexity index is 1280. The Labute approximate surface area is 227 Å². The molecule has 1 heterocycles. The average Bonchev–Trinajstić information content (AvgIpc) is 2.92. The van der Waals surface area contributed by atoms with E-state index in [1.165, 1.54) is 38.8 Å². The second-order valence-electron chi connectivity index (χ2n) is 7.66. The van der Waals surface area contributed by atoms with Crippen molar-refractivity contribution in [2.75, 3.05) is 26.6 Å². The summed E-state index contributed by atoms with van der Waals surface area (Å²) in [5.41, 5.74) is 6.54. The van der Waals surface area contributed by atoms with Crippen LogP contribution >= 0.6 is 11.8 Å². The fraction of sp³-hybridized carbons (Fsp3) is 0.200. The van der Waals surface area contributed by atoms with E-state index in [4.69, 9.17) is 14.2 Å². The Morgan fingerprint density at radius 1 is 0.897 bits per heavy atom. The van der Waals surface area contributed by atoms with Gasteiger partial charge in [0.05, 0.1) is 32.4 Å². The highest BCUT2D eigenvalue weighted by Crippen LogP contribution is 2.26. The molecule has 0 saturated heterocycles. The molecule has 0 unspecified atom stereocenters. The first kappa shape index (κ1) is 28.7. The molecule has 3 aromatic rings. The van der Waals surface area contributed by atoms with Crippen molar-refractivity contribution in [2.24, 2.45) is 10.2 Å². The van der Waals surface area contributed by atoms with Gasteiger partial charge >= 0.3 is 0 Å². The zero-order valence-corrected chi connectivity index (χ0v) is 22.1. The number of hydrogen-bond donors (Lipinski definition) is 4. The van der Waals surface area contributed by atoms with Gasteiger partial charge in [0, 0.05) is 11.8 Å². The van der Waals surface area contributed by atoms with E-state index in [1.54, 1.807) is 37.3 Å². The molecule has 0 aliphatic carbocycles. The quantitative estimate of drug-likeness (QED) is 0.112. The van der Waals surface area contributed by atoms with E-state index in [1.807, 2.05) is 0 Å². The van der Waals surface area contributed by atoms with Crippen LogP contribution in [0.1, 0.15) is 16.8 Å². The number of aromatic nitrogens is 2. The average molecular weight is 555 g/mol. The van der Waals surface area contributed by atoms with Crippen LogP contribution in [0.25, 0.3) is 0 Å². The van der Waals surface area contributed by atoms with Crippen LogP contribution in [-0.4, -0.2) is 71.0 Å². The van der Waals surface area contributed by atoms with Crippen molar-refractivity contribution >= 4 is 36.0 Å². The molecule has 3 rings (SSSR count). The van der Waals surface area contributed by atoms with Gasteiger partial charge in [0.15, 0.2) is 34.8 Å². The number of hydrazone groups is 2. The lowest BCUT2D eigenvalue weighted by Crippen LogP contribution is -2.25. The topological polar surface area (TPSA) is 177 Å². The number of carbonyl (C=O) groups is 2. The smallest absolute Gasteiger partial charge is 0.278 e. The number of phenolic OH excluding ortho intramolecular Hbond substituents is 2. The molecule has 0 fully saturated rings. The molecule has 0 bridgehead atoms. The lowest BCUT2D eigenvalue weighted by Gasteiger charge is -2.07. The largest absolute Gasteiger partial charge is 0.504 e. The van der Waals surface area contributed by atoms with Gasteiger partial charge in [0.1, 0.15) is 0 Å². The van der Waals surface area contributed by atoms with Crippen molar-refractivity contribution in [3.05, 3.63) is 59.3 Å². The number of thioether (sulfide) groups is 1. The lowest BCUT2D eigenvalue weighted by atomic mass is 10.2. The van der Waals surface area contributed by atoms with Gasteiger partial charge in [0.25, 0.3) is 11.8 Å².